The molecule has 2 aromatic carbocycles. The summed E-state index contributed by atoms with van der Waals surface area (Å²) < 4.78 is 5.86. The Hall–Kier alpha value is -1.84. The molecular formula is C19H23NO2. The lowest BCUT2D eigenvalue weighted by molar-refractivity contribution is -0.0302. The van der Waals surface area contributed by atoms with Crippen molar-refractivity contribution in [2.24, 2.45) is 0 Å². The zero-order chi connectivity index (χ0) is 15.2. The van der Waals surface area contributed by atoms with Crippen LogP contribution in [0.2, 0.25) is 0 Å². The van der Waals surface area contributed by atoms with Gasteiger partial charge in [-0.3, -0.25) is 4.90 Å². The smallest absolute Gasteiger partial charge is 0.115 e. The van der Waals surface area contributed by atoms with Crippen LogP contribution in [0.15, 0.2) is 54.6 Å². The molecule has 0 aliphatic carbocycles. The first-order valence-corrected chi connectivity index (χ1v) is 7.98. The molecule has 3 heteroatoms. The van der Waals surface area contributed by atoms with Gasteiger partial charge < -0.3 is 9.84 Å². The van der Waals surface area contributed by atoms with E-state index in [1.165, 1.54) is 5.56 Å². The lowest BCUT2D eigenvalue weighted by Crippen LogP contribution is -2.38. The van der Waals surface area contributed by atoms with E-state index in [2.05, 4.69) is 35.2 Å². The van der Waals surface area contributed by atoms with Crippen molar-refractivity contribution in [1.29, 1.82) is 0 Å². The minimum absolute atomic E-state index is 0.0672. The standard InChI is InChI=1S/C19H23NO2/c21-18-10-4-9-17(14-18)19-15-20(12-13-22-19)11-5-8-16-6-2-1-3-7-16/h1-4,6-7,9-10,14,19,21H,5,8,11-13,15H2/t19-/m0/s1. The third kappa shape index (κ3) is 4.09. The third-order valence-corrected chi connectivity index (χ3v) is 4.18. The Bertz CT molecular complexity index is 585. The van der Waals surface area contributed by atoms with E-state index >= 15 is 0 Å². The molecule has 2 aromatic rings. The van der Waals surface area contributed by atoms with Crippen molar-refractivity contribution >= 4 is 0 Å². The number of hydrogen-bond donors (Lipinski definition) is 1. The number of benzene rings is 2. The van der Waals surface area contributed by atoms with Crippen LogP contribution in [0.4, 0.5) is 0 Å². The first-order valence-electron chi connectivity index (χ1n) is 7.98. The Morgan fingerprint density at radius 3 is 2.77 bits per heavy atom. The summed E-state index contributed by atoms with van der Waals surface area (Å²) >= 11 is 0. The number of aromatic hydroxyl groups is 1. The first-order chi connectivity index (χ1) is 10.8. The molecule has 0 unspecified atom stereocenters. The number of rotatable bonds is 5. The van der Waals surface area contributed by atoms with Gasteiger partial charge in [0.25, 0.3) is 0 Å². The summed E-state index contributed by atoms with van der Waals surface area (Å²) in [7, 11) is 0. The number of nitrogens with zero attached hydrogens (tertiary/aromatic N) is 1. The summed E-state index contributed by atoms with van der Waals surface area (Å²) in [5.41, 5.74) is 2.47. The van der Waals surface area contributed by atoms with Gasteiger partial charge in [0.15, 0.2) is 0 Å². The van der Waals surface area contributed by atoms with Gasteiger partial charge in [0.05, 0.1) is 12.7 Å². The molecule has 1 atom stereocenters. The number of phenols is 1. The number of aryl methyl sites for hydroxylation is 1. The Morgan fingerprint density at radius 2 is 1.95 bits per heavy atom. The zero-order valence-electron chi connectivity index (χ0n) is 12.8. The van der Waals surface area contributed by atoms with Gasteiger partial charge in [-0.1, -0.05) is 42.5 Å². The quantitative estimate of drug-likeness (QED) is 0.918. The Labute approximate surface area is 132 Å². The van der Waals surface area contributed by atoms with Gasteiger partial charge in [0.2, 0.25) is 0 Å². The van der Waals surface area contributed by atoms with Crippen LogP contribution in [0.1, 0.15) is 23.7 Å². The molecule has 1 saturated heterocycles. The van der Waals surface area contributed by atoms with E-state index in [4.69, 9.17) is 4.74 Å². The normalized spacial score (nSPS) is 19.2. The topological polar surface area (TPSA) is 32.7 Å². The number of ether oxygens (including phenoxy) is 1. The monoisotopic (exact) mass is 297 g/mol. The van der Waals surface area contributed by atoms with Crippen molar-refractivity contribution in [2.45, 2.75) is 18.9 Å². The van der Waals surface area contributed by atoms with Gasteiger partial charge in [-0.05, 0) is 42.6 Å². The number of hydrogen-bond acceptors (Lipinski definition) is 3. The lowest BCUT2D eigenvalue weighted by atomic mass is 10.1. The summed E-state index contributed by atoms with van der Waals surface area (Å²) in [5, 5.41) is 9.61. The van der Waals surface area contributed by atoms with Gasteiger partial charge >= 0.3 is 0 Å². The van der Waals surface area contributed by atoms with Gasteiger partial charge in [0.1, 0.15) is 5.75 Å². The highest BCUT2D eigenvalue weighted by Crippen LogP contribution is 2.25. The molecule has 1 fully saturated rings. The summed E-state index contributed by atoms with van der Waals surface area (Å²) in [5.74, 6) is 0.308. The second kappa shape index (κ2) is 7.43. The minimum atomic E-state index is 0.0672. The van der Waals surface area contributed by atoms with Crippen LogP contribution in [-0.4, -0.2) is 36.2 Å². The van der Waals surface area contributed by atoms with E-state index < -0.39 is 0 Å². The maximum atomic E-state index is 9.61. The molecule has 3 rings (SSSR count). The molecular weight excluding hydrogens is 274 g/mol. The van der Waals surface area contributed by atoms with Crippen molar-refractivity contribution in [1.82, 2.24) is 4.90 Å². The minimum Gasteiger partial charge on any atom is -0.508 e. The van der Waals surface area contributed by atoms with Crippen LogP contribution in [0.3, 0.4) is 0 Å². The fourth-order valence-corrected chi connectivity index (χ4v) is 2.98. The summed E-state index contributed by atoms with van der Waals surface area (Å²) in [6.07, 6.45) is 2.35. The van der Waals surface area contributed by atoms with Crippen molar-refractivity contribution in [3.63, 3.8) is 0 Å². The predicted octanol–water partition coefficient (Wildman–Crippen LogP) is 3.40. The largest absolute Gasteiger partial charge is 0.508 e. The van der Waals surface area contributed by atoms with Crippen LogP contribution >= 0.6 is 0 Å². The molecule has 116 valence electrons. The second-order valence-electron chi connectivity index (χ2n) is 5.84. The number of morpholine rings is 1. The summed E-state index contributed by atoms with van der Waals surface area (Å²) in [4.78, 5) is 2.46. The average molecular weight is 297 g/mol. The maximum absolute atomic E-state index is 9.61. The predicted molar refractivity (Wildman–Crippen MR) is 88.0 cm³/mol. The molecule has 0 saturated carbocycles. The number of phenolic OH excluding ortho intramolecular Hbond substituents is 1. The Balaban J connectivity index is 1.50. The first kappa shape index (κ1) is 15.1. The summed E-state index contributed by atoms with van der Waals surface area (Å²) in [6, 6.07) is 18.0. The van der Waals surface area contributed by atoms with Gasteiger partial charge in [-0.15, -0.1) is 0 Å². The molecule has 0 spiro atoms. The molecule has 3 nitrogen and oxygen atoms in total. The van der Waals surface area contributed by atoms with Crippen LogP contribution in [0, 0.1) is 0 Å². The second-order valence-corrected chi connectivity index (χ2v) is 5.84. The van der Waals surface area contributed by atoms with Crippen molar-refractivity contribution in [3.8, 4) is 5.75 Å². The highest BCUT2D eigenvalue weighted by molar-refractivity contribution is 5.29. The average Bonchev–Trinajstić information content (AvgIpc) is 2.56. The fraction of sp³-hybridized carbons (Fsp3) is 0.368. The van der Waals surface area contributed by atoms with Crippen LogP contribution < -0.4 is 0 Å². The molecule has 0 radical (unpaired) electrons. The molecule has 22 heavy (non-hydrogen) atoms. The van der Waals surface area contributed by atoms with E-state index in [0.717, 1.165) is 44.6 Å². The zero-order valence-corrected chi connectivity index (χ0v) is 12.8. The van der Waals surface area contributed by atoms with E-state index in [1.807, 2.05) is 12.1 Å². The van der Waals surface area contributed by atoms with Gasteiger partial charge in [0, 0.05) is 13.1 Å². The molecule has 0 amide bonds. The van der Waals surface area contributed by atoms with Gasteiger partial charge in [-0.2, -0.15) is 0 Å². The van der Waals surface area contributed by atoms with Crippen LogP contribution in [-0.2, 0) is 11.2 Å². The molecule has 1 aliphatic rings. The Morgan fingerprint density at radius 1 is 1.09 bits per heavy atom. The van der Waals surface area contributed by atoms with Crippen molar-refractivity contribution in [2.75, 3.05) is 26.2 Å². The third-order valence-electron chi connectivity index (χ3n) is 4.18. The van der Waals surface area contributed by atoms with Crippen molar-refractivity contribution < 1.29 is 9.84 Å². The van der Waals surface area contributed by atoms with E-state index in [9.17, 15) is 5.11 Å². The highest BCUT2D eigenvalue weighted by Gasteiger charge is 2.21. The molecule has 1 aliphatic heterocycles. The maximum Gasteiger partial charge on any atom is 0.115 e. The van der Waals surface area contributed by atoms with Crippen molar-refractivity contribution in [3.05, 3.63) is 65.7 Å². The molecule has 1 heterocycles. The van der Waals surface area contributed by atoms with E-state index in [1.54, 1.807) is 12.1 Å². The van der Waals surface area contributed by atoms with Crippen LogP contribution in [0.25, 0.3) is 0 Å². The highest BCUT2D eigenvalue weighted by atomic mass is 16.5. The van der Waals surface area contributed by atoms with Crippen LogP contribution in [0.5, 0.6) is 5.75 Å². The van der Waals surface area contributed by atoms with E-state index in [-0.39, 0.29) is 6.10 Å². The SMILES string of the molecule is Oc1cccc([C@@H]2CN(CCCc3ccccc3)CCO2)c1. The molecule has 1 N–H and O–H groups in total. The molecule has 0 bridgehead atoms. The van der Waals surface area contributed by atoms with E-state index in [0.29, 0.717) is 5.75 Å². The fourth-order valence-electron chi connectivity index (χ4n) is 2.98. The summed E-state index contributed by atoms with van der Waals surface area (Å²) in [6.45, 7) is 3.74. The van der Waals surface area contributed by atoms with Gasteiger partial charge in [-0.25, -0.2) is 0 Å². The molecule has 0 aromatic heterocycles. The Kier molecular flexibility index (Phi) is 5.09. The lowest BCUT2D eigenvalue weighted by Gasteiger charge is -2.33.